The largest absolute Gasteiger partial charge is 0.493 e. The van der Waals surface area contributed by atoms with E-state index in [4.69, 9.17) is 9.47 Å². The molecule has 2 aliphatic rings. The number of carbonyl (C=O) groups is 2. The number of anilines is 1. The summed E-state index contributed by atoms with van der Waals surface area (Å²) in [7, 11) is 3.08. The van der Waals surface area contributed by atoms with Gasteiger partial charge in [0.1, 0.15) is 11.5 Å². The van der Waals surface area contributed by atoms with Crippen LogP contribution in [0.3, 0.4) is 0 Å². The number of hydrogen-bond acceptors (Lipinski definition) is 5. The van der Waals surface area contributed by atoms with Crippen LogP contribution in [0.4, 0.5) is 10.1 Å². The van der Waals surface area contributed by atoms with E-state index in [1.54, 1.807) is 25.3 Å². The van der Waals surface area contributed by atoms with Crippen LogP contribution >= 0.6 is 0 Å². The number of halogens is 1. The molecule has 3 aromatic carbocycles. The van der Waals surface area contributed by atoms with Crippen LogP contribution in [0.15, 0.2) is 72.4 Å². The van der Waals surface area contributed by atoms with Crippen molar-refractivity contribution >= 4 is 23.1 Å². The number of para-hydroxylation sites is 1. The van der Waals surface area contributed by atoms with E-state index in [2.05, 4.69) is 0 Å². The molecular formula is C27H23FN2O4. The number of rotatable bonds is 6. The molecule has 172 valence electrons. The molecule has 0 saturated heterocycles. The second-order valence-corrected chi connectivity index (χ2v) is 8.15. The van der Waals surface area contributed by atoms with Crippen LogP contribution in [0, 0.1) is 5.82 Å². The maximum Gasteiger partial charge on any atom is 0.278 e. The number of amides is 2. The fourth-order valence-electron chi connectivity index (χ4n) is 4.57. The third kappa shape index (κ3) is 3.59. The lowest BCUT2D eigenvalue weighted by molar-refractivity contribution is -0.137. The first-order chi connectivity index (χ1) is 16.5. The first-order valence-corrected chi connectivity index (χ1v) is 10.9. The molecule has 5 rings (SSSR count). The van der Waals surface area contributed by atoms with Gasteiger partial charge in [0.15, 0.2) is 11.5 Å². The number of carbonyl (C=O) groups excluding carboxylic acids is 2. The van der Waals surface area contributed by atoms with Gasteiger partial charge in [-0.1, -0.05) is 36.4 Å². The van der Waals surface area contributed by atoms with Gasteiger partial charge < -0.3 is 14.4 Å². The Morgan fingerprint density at radius 2 is 1.62 bits per heavy atom. The highest BCUT2D eigenvalue weighted by Gasteiger charge is 2.43. The van der Waals surface area contributed by atoms with E-state index in [1.165, 1.54) is 36.3 Å². The van der Waals surface area contributed by atoms with Gasteiger partial charge in [-0.05, 0) is 53.4 Å². The van der Waals surface area contributed by atoms with E-state index in [9.17, 15) is 14.0 Å². The molecule has 2 amide bonds. The molecule has 3 aromatic rings. The summed E-state index contributed by atoms with van der Waals surface area (Å²) >= 11 is 0. The monoisotopic (exact) mass is 458 g/mol. The molecule has 0 unspecified atom stereocenters. The summed E-state index contributed by atoms with van der Waals surface area (Å²) in [5.41, 5.74) is 3.86. The summed E-state index contributed by atoms with van der Waals surface area (Å²) in [5, 5.41) is 0. The van der Waals surface area contributed by atoms with Crippen molar-refractivity contribution in [2.45, 2.75) is 13.0 Å². The number of fused-ring (bicyclic) bond motifs is 1. The van der Waals surface area contributed by atoms with Crippen molar-refractivity contribution in [3.63, 3.8) is 0 Å². The van der Waals surface area contributed by atoms with Gasteiger partial charge in [-0.25, -0.2) is 4.39 Å². The van der Waals surface area contributed by atoms with Crippen LogP contribution < -0.4 is 14.4 Å². The number of nitrogens with zero attached hydrogens (tertiary/aromatic N) is 2. The topological polar surface area (TPSA) is 59.1 Å². The number of methoxy groups -OCH3 is 2. The molecule has 0 fully saturated rings. The highest BCUT2D eigenvalue weighted by molar-refractivity contribution is 6.36. The number of ether oxygens (including phenoxy) is 2. The van der Waals surface area contributed by atoms with Crippen molar-refractivity contribution in [3.05, 3.63) is 94.9 Å². The van der Waals surface area contributed by atoms with E-state index < -0.39 is 11.7 Å². The zero-order chi connectivity index (χ0) is 23.8. The van der Waals surface area contributed by atoms with Crippen LogP contribution in [0.25, 0.3) is 5.57 Å². The number of imide groups is 1. The van der Waals surface area contributed by atoms with Gasteiger partial charge in [-0.3, -0.25) is 14.5 Å². The predicted molar refractivity (Wildman–Crippen MR) is 126 cm³/mol. The number of hydrogen-bond donors (Lipinski definition) is 0. The fraction of sp³-hybridized carbons (Fsp3) is 0.185. The van der Waals surface area contributed by atoms with Gasteiger partial charge in [-0.2, -0.15) is 0 Å². The van der Waals surface area contributed by atoms with Crippen LogP contribution in [-0.2, 0) is 22.6 Å². The molecule has 0 bridgehead atoms. The highest BCUT2D eigenvalue weighted by atomic mass is 19.1. The molecule has 7 heteroatoms. The lowest BCUT2D eigenvalue weighted by atomic mass is 10.0. The Bertz CT molecular complexity index is 1320. The van der Waals surface area contributed by atoms with Crippen molar-refractivity contribution in [2.24, 2.45) is 0 Å². The molecule has 0 N–H and O–H groups in total. The second-order valence-electron chi connectivity index (χ2n) is 8.15. The SMILES string of the molecule is COc1ccc(CN2C(=O)C(c3ccc(F)cc3)=C(N3CCc4ccccc43)C2=O)cc1OC. The minimum Gasteiger partial charge on any atom is -0.493 e. The molecule has 0 atom stereocenters. The summed E-state index contributed by atoms with van der Waals surface area (Å²) in [5.74, 6) is -0.123. The Labute approximate surface area is 196 Å². The summed E-state index contributed by atoms with van der Waals surface area (Å²) in [6, 6.07) is 18.8. The maximum absolute atomic E-state index is 13.7. The lowest BCUT2D eigenvalue weighted by Gasteiger charge is -2.22. The Kier molecular flexibility index (Phi) is 5.53. The average Bonchev–Trinajstić information content (AvgIpc) is 3.38. The lowest BCUT2D eigenvalue weighted by Crippen LogP contribution is -2.34. The summed E-state index contributed by atoms with van der Waals surface area (Å²) in [6.45, 7) is 0.657. The molecule has 0 saturated carbocycles. The first-order valence-electron chi connectivity index (χ1n) is 10.9. The quantitative estimate of drug-likeness (QED) is 0.519. The molecule has 0 radical (unpaired) electrons. The molecule has 0 spiro atoms. The van der Waals surface area contributed by atoms with Crippen LogP contribution in [0.1, 0.15) is 16.7 Å². The van der Waals surface area contributed by atoms with Crippen LogP contribution in [-0.4, -0.2) is 37.5 Å². The summed E-state index contributed by atoms with van der Waals surface area (Å²) in [4.78, 5) is 30.5. The highest BCUT2D eigenvalue weighted by Crippen LogP contribution is 2.39. The first kappa shape index (κ1) is 21.7. The standard InChI is InChI=1S/C27H23FN2O4/c1-33-22-12-7-17(15-23(22)34-2)16-30-26(31)24(19-8-10-20(28)11-9-19)25(27(30)32)29-14-13-18-5-3-4-6-21(18)29/h3-12,15H,13-14,16H2,1-2H3. The molecule has 2 aliphatic heterocycles. The van der Waals surface area contributed by atoms with Crippen molar-refractivity contribution in [1.82, 2.24) is 4.90 Å². The zero-order valence-electron chi connectivity index (χ0n) is 18.9. The molecular weight excluding hydrogens is 435 g/mol. The van der Waals surface area contributed by atoms with Gasteiger partial charge in [0.25, 0.3) is 11.8 Å². The van der Waals surface area contributed by atoms with Gasteiger partial charge in [0.2, 0.25) is 0 Å². The number of benzene rings is 3. The Morgan fingerprint density at radius 3 is 2.35 bits per heavy atom. The van der Waals surface area contributed by atoms with Crippen molar-refractivity contribution in [2.75, 3.05) is 25.7 Å². The molecule has 0 aromatic heterocycles. The van der Waals surface area contributed by atoms with Gasteiger partial charge in [0, 0.05) is 12.2 Å². The summed E-state index contributed by atoms with van der Waals surface area (Å²) < 4.78 is 24.3. The smallest absolute Gasteiger partial charge is 0.278 e. The fourth-order valence-corrected chi connectivity index (χ4v) is 4.57. The molecule has 2 heterocycles. The van der Waals surface area contributed by atoms with Crippen molar-refractivity contribution in [1.29, 1.82) is 0 Å². The zero-order valence-corrected chi connectivity index (χ0v) is 18.9. The Hall–Kier alpha value is -4.13. The average molecular weight is 458 g/mol. The normalized spacial score (nSPS) is 15.3. The van der Waals surface area contributed by atoms with Crippen molar-refractivity contribution < 1.29 is 23.5 Å². The van der Waals surface area contributed by atoms with E-state index >= 15 is 0 Å². The predicted octanol–water partition coefficient (Wildman–Crippen LogP) is 4.19. The minimum atomic E-state index is -0.411. The Balaban J connectivity index is 1.57. The van der Waals surface area contributed by atoms with E-state index in [0.717, 1.165) is 23.2 Å². The van der Waals surface area contributed by atoms with Crippen LogP contribution in [0.5, 0.6) is 11.5 Å². The van der Waals surface area contributed by atoms with E-state index in [0.29, 0.717) is 29.3 Å². The van der Waals surface area contributed by atoms with E-state index in [1.807, 2.05) is 29.2 Å². The Morgan fingerprint density at radius 1 is 0.882 bits per heavy atom. The summed E-state index contributed by atoms with van der Waals surface area (Å²) in [6.07, 6.45) is 0.771. The molecule has 34 heavy (non-hydrogen) atoms. The maximum atomic E-state index is 13.7. The van der Waals surface area contributed by atoms with Crippen LogP contribution in [0.2, 0.25) is 0 Å². The second kappa shape index (κ2) is 8.67. The third-order valence-electron chi connectivity index (χ3n) is 6.22. The van der Waals surface area contributed by atoms with Gasteiger partial charge in [-0.15, -0.1) is 0 Å². The van der Waals surface area contributed by atoms with Gasteiger partial charge in [0.05, 0.1) is 26.3 Å². The van der Waals surface area contributed by atoms with E-state index in [-0.39, 0.29) is 18.0 Å². The minimum absolute atomic E-state index is 0.0711. The molecule has 0 aliphatic carbocycles. The third-order valence-corrected chi connectivity index (χ3v) is 6.22. The molecule has 6 nitrogen and oxygen atoms in total. The van der Waals surface area contributed by atoms with Gasteiger partial charge >= 0.3 is 0 Å². The van der Waals surface area contributed by atoms with Crippen molar-refractivity contribution in [3.8, 4) is 11.5 Å².